The molecule has 1 saturated heterocycles. The molecule has 1 aromatic carbocycles. The minimum absolute atomic E-state index is 0.107. The van der Waals surface area contributed by atoms with Gasteiger partial charge in [-0.15, -0.1) is 0 Å². The summed E-state index contributed by atoms with van der Waals surface area (Å²) in [6.45, 7) is 4.62. The number of fused-ring (bicyclic) bond motifs is 1. The fraction of sp³-hybridized carbons (Fsp3) is 0.357. The number of benzene rings is 1. The van der Waals surface area contributed by atoms with E-state index in [4.69, 9.17) is 4.74 Å². The number of carbonyl (C=O) groups is 1. The van der Waals surface area contributed by atoms with Gasteiger partial charge in [0.2, 0.25) is 5.91 Å². The number of ether oxygens (including phenoxy) is 1. The molecule has 2 heterocycles. The van der Waals surface area contributed by atoms with Gasteiger partial charge in [-0.3, -0.25) is 9.36 Å². The quantitative estimate of drug-likeness (QED) is 0.850. The van der Waals surface area contributed by atoms with E-state index in [9.17, 15) is 9.90 Å². The van der Waals surface area contributed by atoms with Crippen molar-refractivity contribution < 1.29 is 14.6 Å². The van der Waals surface area contributed by atoms with Gasteiger partial charge in [0.15, 0.2) is 0 Å². The Kier molecular flexibility index (Phi) is 2.91. The van der Waals surface area contributed by atoms with Crippen molar-refractivity contribution in [3.63, 3.8) is 0 Å². The molecule has 3 rings (SSSR count). The topological polar surface area (TPSA) is 54.7 Å². The van der Waals surface area contributed by atoms with Gasteiger partial charge in [0.25, 0.3) is 0 Å². The molecule has 1 aliphatic rings. The third kappa shape index (κ3) is 2.06. The Bertz CT molecular complexity index is 627. The maximum atomic E-state index is 11.6. The second-order valence-corrected chi connectivity index (χ2v) is 4.70. The Morgan fingerprint density at radius 1 is 1.32 bits per heavy atom. The molecule has 0 radical (unpaired) electrons. The third-order valence-electron chi connectivity index (χ3n) is 3.48. The lowest BCUT2D eigenvalue weighted by molar-refractivity contribution is 0.0941. The predicted molar refractivity (Wildman–Crippen MR) is 72.9 cm³/mol. The zero-order valence-electron chi connectivity index (χ0n) is 10.8. The number of aromatic hydroxyl groups is 1. The van der Waals surface area contributed by atoms with Crippen LogP contribution in [0.25, 0.3) is 10.9 Å². The van der Waals surface area contributed by atoms with E-state index in [-0.39, 0.29) is 11.7 Å². The fourth-order valence-electron chi connectivity index (χ4n) is 2.48. The van der Waals surface area contributed by atoms with Crippen molar-refractivity contribution in [3.05, 3.63) is 24.4 Å². The van der Waals surface area contributed by atoms with Crippen LogP contribution in [0.15, 0.2) is 24.4 Å². The summed E-state index contributed by atoms with van der Waals surface area (Å²) in [6.07, 6.45) is 1.47. The van der Waals surface area contributed by atoms with Crippen molar-refractivity contribution in [2.75, 3.05) is 31.2 Å². The lowest BCUT2D eigenvalue weighted by atomic mass is 10.2. The minimum atomic E-state index is -0.107. The zero-order chi connectivity index (χ0) is 13.4. The minimum Gasteiger partial charge on any atom is -0.506 e. The van der Waals surface area contributed by atoms with Crippen LogP contribution >= 0.6 is 0 Å². The average Bonchev–Trinajstić information content (AvgIpc) is 2.77. The summed E-state index contributed by atoms with van der Waals surface area (Å²) in [5.74, 6) is 0.0307. The maximum Gasteiger partial charge on any atom is 0.228 e. The average molecular weight is 260 g/mol. The molecule has 1 aliphatic heterocycles. The van der Waals surface area contributed by atoms with Gasteiger partial charge in [0.1, 0.15) is 5.75 Å². The Balaban J connectivity index is 2.08. The SMILES string of the molecule is CC(=O)n1cc(O)c2ccc(N3CCOCC3)cc21. The van der Waals surface area contributed by atoms with E-state index in [1.165, 1.54) is 17.7 Å². The predicted octanol–water partition coefficient (Wildman–Crippen LogP) is 1.84. The molecule has 0 saturated carbocycles. The van der Waals surface area contributed by atoms with Gasteiger partial charge < -0.3 is 14.7 Å². The van der Waals surface area contributed by atoms with Crippen molar-refractivity contribution in [1.29, 1.82) is 0 Å². The van der Waals surface area contributed by atoms with E-state index < -0.39 is 0 Å². The number of hydrogen-bond acceptors (Lipinski definition) is 4. The van der Waals surface area contributed by atoms with Crippen molar-refractivity contribution in [1.82, 2.24) is 4.57 Å². The number of anilines is 1. The van der Waals surface area contributed by atoms with Crippen molar-refractivity contribution in [3.8, 4) is 5.75 Å². The Morgan fingerprint density at radius 2 is 2.05 bits per heavy atom. The summed E-state index contributed by atoms with van der Waals surface area (Å²) in [5.41, 5.74) is 1.80. The molecule has 0 atom stereocenters. The maximum absolute atomic E-state index is 11.6. The first kappa shape index (κ1) is 12.0. The van der Waals surface area contributed by atoms with Crippen LogP contribution in [0.4, 0.5) is 5.69 Å². The summed E-state index contributed by atoms with van der Waals surface area (Å²) >= 11 is 0. The molecule has 0 aliphatic carbocycles. The van der Waals surface area contributed by atoms with Crippen LogP contribution in [-0.4, -0.2) is 41.9 Å². The summed E-state index contributed by atoms with van der Waals surface area (Å²) in [5, 5.41) is 10.5. The Labute approximate surface area is 111 Å². The zero-order valence-corrected chi connectivity index (χ0v) is 10.8. The molecule has 0 bridgehead atoms. The highest BCUT2D eigenvalue weighted by Crippen LogP contribution is 2.30. The molecule has 0 unspecified atom stereocenters. The molecule has 0 amide bonds. The van der Waals surface area contributed by atoms with Crippen LogP contribution in [0.5, 0.6) is 5.75 Å². The Hall–Kier alpha value is -2.01. The van der Waals surface area contributed by atoms with Crippen LogP contribution in [0, 0.1) is 0 Å². The summed E-state index contributed by atoms with van der Waals surface area (Å²) in [6, 6.07) is 5.77. The fourth-order valence-corrected chi connectivity index (χ4v) is 2.48. The number of aromatic nitrogens is 1. The molecule has 5 nitrogen and oxygen atoms in total. The van der Waals surface area contributed by atoms with Gasteiger partial charge in [0, 0.05) is 31.1 Å². The molecule has 5 heteroatoms. The molecule has 1 fully saturated rings. The van der Waals surface area contributed by atoms with Gasteiger partial charge in [-0.2, -0.15) is 0 Å². The van der Waals surface area contributed by atoms with E-state index in [1.807, 2.05) is 18.2 Å². The number of hydrogen-bond donors (Lipinski definition) is 1. The molecule has 0 spiro atoms. The van der Waals surface area contributed by atoms with E-state index in [2.05, 4.69) is 4.90 Å². The molecule has 2 aromatic rings. The largest absolute Gasteiger partial charge is 0.506 e. The molecule has 1 N–H and O–H groups in total. The van der Waals surface area contributed by atoms with E-state index in [0.29, 0.717) is 5.39 Å². The van der Waals surface area contributed by atoms with Crippen LogP contribution in [-0.2, 0) is 4.74 Å². The molecular formula is C14H16N2O3. The molecular weight excluding hydrogens is 244 g/mol. The highest BCUT2D eigenvalue weighted by molar-refractivity contribution is 5.96. The normalized spacial score (nSPS) is 15.9. The van der Waals surface area contributed by atoms with Crippen molar-refractivity contribution in [2.45, 2.75) is 6.92 Å². The van der Waals surface area contributed by atoms with Crippen molar-refractivity contribution in [2.24, 2.45) is 0 Å². The van der Waals surface area contributed by atoms with Crippen LogP contribution < -0.4 is 4.90 Å². The molecule has 19 heavy (non-hydrogen) atoms. The number of morpholine rings is 1. The highest BCUT2D eigenvalue weighted by Gasteiger charge is 2.15. The smallest absolute Gasteiger partial charge is 0.228 e. The van der Waals surface area contributed by atoms with Crippen LogP contribution in [0.1, 0.15) is 11.7 Å². The van der Waals surface area contributed by atoms with E-state index >= 15 is 0 Å². The van der Waals surface area contributed by atoms with Gasteiger partial charge >= 0.3 is 0 Å². The van der Waals surface area contributed by atoms with Crippen molar-refractivity contribution >= 4 is 22.5 Å². The van der Waals surface area contributed by atoms with Gasteiger partial charge in [-0.1, -0.05) is 0 Å². The van der Waals surface area contributed by atoms with E-state index in [1.54, 1.807) is 0 Å². The van der Waals surface area contributed by atoms with Crippen LogP contribution in [0.2, 0.25) is 0 Å². The van der Waals surface area contributed by atoms with E-state index in [0.717, 1.165) is 37.5 Å². The third-order valence-corrected chi connectivity index (χ3v) is 3.48. The second-order valence-electron chi connectivity index (χ2n) is 4.70. The van der Waals surface area contributed by atoms with Crippen LogP contribution in [0.3, 0.4) is 0 Å². The summed E-state index contributed by atoms with van der Waals surface area (Å²) < 4.78 is 6.81. The standard InChI is InChI=1S/C14H16N2O3/c1-10(17)16-9-14(18)12-3-2-11(8-13(12)16)15-4-6-19-7-5-15/h2-3,8-9,18H,4-7H2,1H3. The first-order valence-electron chi connectivity index (χ1n) is 6.34. The van der Waals surface area contributed by atoms with Gasteiger partial charge in [-0.25, -0.2) is 0 Å². The van der Waals surface area contributed by atoms with Gasteiger partial charge in [0.05, 0.1) is 24.9 Å². The second kappa shape index (κ2) is 4.59. The number of nitrogens with zero attached hydrogens (tertiary/aromatic N) is 2. The lowest BCUT2D eigenvalue weighted by Gasteiger charge is -2.28. The number of rotatable bonds is 1. The first-order valence-corrected chi connectivity index (χ1v) is 6.34. The Morgan fingerprint density at radius 3 is 2.74 bits per heavy atom. The van der Waals surface area contributed by atoms with Gasteiger partial charge in [-0.05, 0) is 18.2 Å². The monoisotopic (exact) mass is 260 g/mol. The lowest BCUT2D eigenvalue weighted by Crippen LogP contribution is -2.36. The molecule has 100 valence electrons. The molecule has 1 aromatic heterocycles. The highest BCUT2D eigenvalue weighted by atomic mass is 16.5. The summed E-state index contributed by atoms with van der Waals surface area (Å²) in [4.78, 5) is 13.8. The first-order chi connectivity index (χ1) is 9.16. The summed E-state index contributed by atoms with van der Waals surface area (Å²) in [7, 11) is 0. The number of carbonyl (C=O) groups excluding carboxylic acids is 1.